The third-order valence-electron chi connectivity index (χ3n) is 3.84. The van der Waals surface area contributed by atoms with Gasteiger partial charge in [-0.05, 0) is 36.4 Å². The molecular weight excluding hydrogens is 425 g/mol. The molecule has 12 nitrogen and oxygen atoms in total. The van der Waals surface area contributed by atoms with Crippen LogP contribution in [0, 0.1) is 15.9 Å². The van der Waals surface area contributed by atoms with Crippen molar-refractivity contribution in [2.75, 3.05) is 17.5 Å². The highest BCUT2D eigenvalue weighted by atomic mass is 19.1. The van der Waals surface area contributed by atoms with Crippen LogP contribution in [0.15, 0.2) is 60.9 Å². The maximum Gasteiger partial charge on any atom is 0.356 e. The minimum atomic E-state index is -0.804. The zero-order valence-electron chi connectivity index (χ0n) is 16.2. The Hall–Kier alpha value is -4.81. The number of halogens is 1. The normalized spacial score (nSPS) is 10.0. The lowest BCUT2D eigenvalue weighted by Crippen LogP contribution is -2.34. The average molecular weight is 441 g/mol. The fraction of sp³-hybridized carbons (Fsp3) is 0.0526. The Morgan fingerprint density at radius 2 is 1.59 bits per heavy atom. The van der Waals surface area contributed by atoms with Gasteiger partial charge in [0.15, 0.2) is 6.61 Å². The Morgan fingerprint density at radius 3 is 2.22 bits per heavy atom. The number of benzene rings is 2. The molecule has 0 radical (unpaired) electrons. The Bertz CT molecular complexity index is 1110. The number of carbonyl (C=O) groups is 2. The Kier molecular flexibility index (Phi) is 7.04. The molecule has 3 rings (SSSR count). The number of para-hydroxylation sites is 1. The summed E-state index contributed by atoms with van der Waals surface area (Å²) in [5.41, 5.74) is 8.56. The largest absolute Gasteiger partial charge is 0.484 e. The number of carbonyl (C=O) groups excluding carboxylic acids is 2. The summed E-state index contributed by atoms with van der Waals surface area (Å²) in [6.07, 6.45) is 0.980. The van der Waals surface area contributed by atoms with Crippen molar-refractivity contribution in [3.63, 3.8) is 0 Å². The molecule has 1 aromatic heterocycles. The van der Waals surface area contributed by atoms with Gasteiger partial charge < -0.3 is 4.74 Å². The van der Waals surface area contributed by atoms with Gasteiger partial charge in [-0.15, -0.1) is 0 Å². The van der Waals surface area contributed by atoms with Crippen molar-refractivity contribution in [1.29, 1.82) is 0 Å². The maximum absolute atomic E-state index is 13.0. The number of anilines is 2. The molecule has 2 aromatic carbocycles. The van der Waals surface area contributed by atoms with Gasteiger partial charge in [-0.2, -0.15) is 0 Å². The second-order valence-corrected chi connectivity index (χ2v) is 6.04. The van der Waals surface area contributed by atoms with Gasteiger partial charge in [0, 0.05) is 5.56 Å². The van der Waals surface area contributed by atoms with Crippen LogP contribution in [-0.4, -0.2) is 33.3 Å². The summed E-state index contributed by atoms with van der Waals surface area (Å²) in [7, 11) is 0. The summed E-state index contributed by atoms with van der Waals surface area (Å²) in [6, 6.07) is 13.2. The lowest BCUT2D eigenvalue weighted by Gasteiger charge is -2.12. The second kappa shape index (κ2) is 10.3. The van der Waals surface area contributed by atoms with Crippen molar-refractivity contribution in [2.24, 2.45) is 0 Å². The lowest BCUT2D eigenvalue weighted by molar-refractivity contribution is -0.383. The van der Waals surface area contributed by atoms with Crippen LogP contribution in [0.4, 0.5) is 21.7 Å². The molecule has 0 unspecified atom stereocenters. The van der Waals surface area contributed by atoms with E-state index in [9.17, 15) is 24.1 Å². The van der Waals surface area contributed by atoms with Gasteiger partial charge in [-0.3, -0.25) is 41.4 Å². The van der Waals surface area contributed by atoms with Crippen LogP contribution in [-0.2, 0) is 4.79 Å². The van der Waals surface area contributed by atoms with E-state index in [0.29, 0.717) is 5.75 Å². The Morgan fingerprint density at radius 1 is 0.969 bits per heavy atom. The first kappa shape index (κ1) is 21.9. The first-order valence-corrected chi connectivity index (χ1v) is 8.98. The predicted molar refractivity (Wildman–Crippen MR) is 110 cm³/mol. The summed E-state index contributed by atoms with van der Waals surface area (Å²) in [6.45, 7) is -0.352. The smallest absolute Gasteiger partial charge is 0.356 e. The lowest BCUT2D eigenvalue weighted by atomic mass is 10.2. The average Bonchev–Trinajstić information content (AvgIpc) is 2.80. The van der Waals surface area contributed by atoms with Crippen LogP contribution in [0.5, 0.6) is 5.75 Å². The standard InChI is InChI=1S/C19H16FN7O5/c20-13-8-6-12(7-9-13)19(29)26-25-18-16(27(30)31)17(21-11-22-18)24-23-15(28)10-32-14-4-2-1-3-5-14/h1-9,11H,10H2,(H,23,28)(H,26,29)(H2,21,22,24,25). The molecule has 32 heavy (non-hydrogen) atoms. The molecule has 0 atom stereocenters. The van der Waals surface area contributed by atoms with Crippen LogP contribution in [0.1, 0.15) is 10.4 Å². The molecule has 164 valence electrons. The van der Waals surface area contributed by atoms with Gasteiger partial charge in [0.25, 0.3) is 11.8 Å². The van der Waals surface area contributed by atoms with E-state index in [0.717, 1.165) is 18.5 Å². The van der Waals surface area contributed by atoms with Gasteiger partial charge in [-0.25, -0.2) is 14.4 Å². The van der Waals surface area contributed by atoms with Crippen molar-refractivity contribution in [1.82, 2.24) is 20.8 Å². The number of nitro groups is 1. The molecule has 0 aliphatic rings. The molecule has 0 saturated heterocycles. The third-order valence-corrected chi connectivity index (χ3v) is 3.84. The van der Waals surface area contributed by atoms with E-state index in [1.807, 2.05) is 0 Å². The minimum Gasteiger partial charge on any atom is -0.484 e. The molecule has 0 aliphatic carbocycles. The van der Waals surface area contributed by atoms with Crippen LogP contribution >= 0.6 is 0 Å². The number of nitrogens with one attached hydrogen (secondary N) is 4. The molecule has 13 heteroatoms. The van der Waals surface area contributed by atoms with E-state index >= 15 is 0 Å². The molecule has 2 amide bonds. The minimum absolute atomic E-state index is 0.111. The van der Waals surface area contributed by atoms with Gasteiger partial charge in [0.05, 0.1) is 4.92 Å². The predicted octanol–water partition coefficient (Wildman–Crippen LogP) is 1.80. The first-order valence-electron chi connectivity index (χ1n) is 8.98. The molecule has 0 spiro atoms. The molecule has 3 aromatic rings. The van der Waals surface area contributed by atoms with Crippen molar-refractivity contribution < 1.29 is 23.6 Å². The fourth-order valence-electron chi connectivity index (χ4n) is 2.35. The number of aromatic nitrogens is 2. The Balaban J connectivity index is 1.62. The van der Waals surface area contributed by atoms with Crippen LogP contribution < -0.4 is 26.4 Å². The van der Waals surface area contributed by atoms with Gasteiger partial charge >= 0.3 is 5.69 Å². The summed E-state index contributed by atoms with van der Waals surface area (Å²) >= 11 is 0. The molecule has 0 aliphatic heterocycles. The summed E-state index contributed by atoms with van der Waals surface area (Å²) in [5.74, 6) is -2.04. The number of rotatable bonds is 9. The van der Waals surface area contributed by atoms with E-state index in [1.54, 1.807) is 30.3 Å². The molecule has 1 heterocycles. The van der Waals surface area contributed by atoms with Gasteiger partial charge in [0.2, 0.25) is 11.6 Å². The Labute approximate surface area is 179 Å². The summed E-state index contributed by atoms with van der Waals surface area (Å²) in [4.78, 5) is 42.2. The fourth-order valence-corrected chi connectivity index (χ4v) is 2.35. The number of hydrogen-bond acceptors (Lipinski definition) is 9. The topological polar surface area (TPSA) is 160 Å². The SMILES string of the molecule is O=C(COc1ccccc1)NNc1ncnc(NNC(=O)c2ccc(F)cc2)c1[N+](=O)[O-]. The molecule has 4 N–H and O–H groups in total. The molecule has 0 bridgehead atoms. The number of amides is 2. The number of nitrogens with zero attached hydrogens (tertiary/aromatic N) is 3. The van der Waals surface area contributed by atoms with E-state index in [2.05, 4.69) is 31.7 Å². The second-order valence-electron chi connectivity index (χ2n) is 6.04. The molecule has 0 fully saturated rings. The van der Waals surface area contributed by atoms with Crippen LogP contribution in [0.25, 0.3) is 0 Å². The van der Waals surface area contributed by atoms with E-state index in [4.69, 9.17) is 4.74 Å². The van der Waals surface area contributed by atoms with Gasteiger partial charge in [0.1, 0.15) is 17.9 Å². The number of hydrazine groups is 2. The van der Waals surface area contributed by atoms with Crippen molar-refractivity contribution in [2.45, 2.75) is 0 Å². The number of hydrogen-bond donors (Lipinski definition) is 4. The highest BCUT2D eigenvalue weighted by molar-refractivity contribution is 5.95. The summed E-state index contributed by atoms with van der Waals surface area (Å²) < 4.78 is 18.2. The van der Waals surface area contributed by atoms with Gasteiger partial charge in [-0.1, -0.05) is 18.2 Å². The van der Waals surface area contributed by atoms with E-state index in [1.165, 1.54) is 12.1 Å². The molecule has 0 saturated carbocycles. The van der Waals surface area contributed by atoms with Crippen LogP contribution in [0.2, 0.25) is 0 Å². The van der Waals surface area contributed by atoms with Crippen molar-refractivity contribution in [3.05, 3.63) is 82.4 Å². The van der Waals surface area contributed by atoms with E-state index < -0.39 is 28.2 Å². The monoisotopic (exact) mass is 441 g/mol. The first-order chi connectivity index (χ1) is 15.4. The zero-order chi connectivity index (χ0) is 22.9. The van der Waals surface area contributed by atoms with Crippen molar-refractivity contribution >= 4 is 29.1 Å². The maximum atomic E-state index is 13.0. The zero-order valence-corrected chi connectivity index (χ0v) is 16.2. The quantitative estimate of drug-likeness (QED) is 0.287. The van der Waals surface area contributed by atoms with Crippen LogP contribution in [0.3, 0.4) is 0 Å². The number of ether oxygens (including phenoxy) is 1. The van der Waals surface area contributed by atoms with Crippen molar-refractivity contribution in [3.8, 4) is 5.75 Å². The highest BCUT2D eigenvalue weighted by Crippen LogP contribution is 2.27. The third kappa shape index (κ3) is 5.85. The van der Waals surface area contributed by atoms with E-state index in [-0.39, 0.29) is 23.8 Å². The summed E-state index contributed by atoms with van der Waals surface area (Å²) in [5, 5.41) is 11.5. The molecular formula is C19H16FN7O5. The highest BCUT2D eigenvalue weighted by Gasteiger charge is 2.24.